The third kappa shape index (κ3) is 4.87. The van der Waals surface area contributed by atoms with E-state index in [4.69, 9.17) is 32.7 Å². The Bertz CT molecular complexity index is 439. The van der Waals surface area contributed by atoms with E-state index in [9.17, 15) is 4.79 Å². The summed E-state index contributed by atoms with van der Waals surface area (Å²) >= 11 is 11.6. The maximum absolute atomic E-state index is 11.7. The van der Waals surface area contributed by atoms with Crippen molar-refractivity contribution in [1.29, 1.82) is 0 Å². The third-order valence-corrected chi connectivity index (χ3v) is 3.15. The summed E-state index contributed by atoms with van der Waals surface area (Å²) < 4.78 is 10.1. The molecule has 0 bridgehead atoms. The first-order valence-corrected chi connectivity index (χ1v) is 6.31. The van der Waals surface area contributed by atoms with Gasteiger partial charge in [-0.3, -0.25) is 0 Å². The van der Waals surface area contributed by atoms with Gasteiger partial charge in [0.2, 0.25) is 0 Å². The largest absolute Gasteiger partial charge is 0.354 e. The Kier molecular flexibility index (Phi) is 6.37. The van der Waals surface area contributed by atoms with Crippen LogP contribution in [0.4, 0.5) is 10.5 Å². The van der Waals surface area contributed by atoms with Crippen molar-refractivity contribution >= 4 is 34.9 Å². The number of rotatable bonds is 5. The van der Waals surface area contributed by atoms with Gasteiger partial charge in [0.25, 0.3) is 0 Å². The fourth-order valence-electron chi connectivity index (χ4n) is 1.52. The molecular weight excluding hydrogens is 291 g/mol. The fourth-order valence-corrected chi connectivity index (χ4v) is 1.82. The Morgan fingerprint density at radius 3 is 2.37 bits per heavy atom. The summed E-state index contributed by atoms with van der Waals surface area (Å²) in [5.41, 5.74) is 0.547. The summed E-state index contributed by atoms with van der Waals surface area (Å²) in [5, 5.41) is 6.13. The first-order chi connectivity index (χ1) is 8.97. The molecule has 19 heavy (non-hydrogen) atoms. The van der Waals surface area contributed by atoms with Crippen molar-refractivity contribution < 1.29 is 14.3 Å². The maximum Gasteiger partial charge on any atom is 0.319 e. The van der Waals surface area contributed by atoms with E-state index < -0.39 is 6.29 Å². The summed E-state index contributed by atoms with van der Waals surface area (Å²) in [6, 6.07) is 4.14. The lowest BCUT2D eigenvalue weighted by atomic mass is 10.3. The van der Waals surface area contributed by atoms with Crippen molar-refractivity contribution in [2.45, 2.75) is 19.3 Å². The Hall–Kier alpha value is -1.01. The molecule has 2 N–H and O–H groups in total. The fraction of sp³-hybridized carbons (Fsp3) is 0.417. The van der Waals surface area contributed by atoms with Crippen molar-refractivity contribution in [3.63, 3.8) is 0 Å². The maximum atomic E-state index is 11.7. The van der Waals surface area contributed by atoms with Crippen LogP contribution in [0.2, 0.25) is 10.0 Å². The molecule has 0 fully saturated rings. The van der Waals surface area contributed by atoms with Crippen molar-refractivity contribution in [2.24, 2.45) is 0 Å². The van der Waals surface area contributed by atoms with Crippen LogP contribution in [0.25, 0.3) is 0 Å². The van der Waals surface area contributed by atoms with Crippen LogP contribution in [0.15, 0.2) is 18.2 Å². The van der Waals surface area contributed by atoms with Crippen LogP contribution in [0.3, 0.4) is 0 Å². The number of hydrogen-bond donors (Lipinski definition) is 2. The smallest absolute Gasteiger partial charge is 0.319 e. The number of hydrogen-bond acceptors (Lipinski definition) is 3. The number of carbonyl (C=O) groups is 1. The van der Waals surface area contributed by atoms with Crippen LogP contribution < -0.4 is 10.6 Å². The molecule has 1 aromatic rings. The van der Waals surface area contributed by atoms with Crippen molar-refractivity contribution in [3.05, 3.63) is 28.2 Å². The number of amides is 2. The van der Waals surface area contributed by atoms with Gasteiger partial charge in [-0.25, -0.2) is 4.79 Å². The number of anilines is 1. The van der Waals surface area contributed by atoms with Gasteiger partial charge >= 0.3 is 6.03 Å². The van der Waals surface area contributed by atoms with Gasteiger partial charge in [0.15, 0.2) is 6.29 Å². The van der Waals surface area contributed by atoms with E-state index in [2.05, 4.69) is 10.6 Å². The zero-order chi connectivity index (χ0) is 14.4. The minimum atomic E-state index is -0.514. The molecule has 1 rings (SSSR count). The number of halogens is 2. The van der Waals surface area contributed by atoms with Gasteiger partial charge in [0.05, 0.1) is 16.1 Å². The Morgan fingerprint density at radius 1 is 1.21 bits per heavy atom. The summed E-state index contributed by atoms with van der Waals surface area (Å²) in [7, 11) is 3.01. The number of urea groups is 1. The molecule has 0 aliphatic rings. The van der Waals surface area contributed by atoms with Crippen molar-refractivity contribution in [2.75, 3.05) is 19.5 Å². The second kappa shape index (κ2) is 7.55. The molecule has 0 aliphatic heterocycles. The van der Waals surface area contributed by atoms with Crippen LogP contribution in [0.1, 0.15) is 6.92 Å². The molecule has 1 aromatic carbocycles. The van der Waals surface area contributed by atoms with Crippen LogP contribution in [0, 0.1) is 0 Å². The molecule has 0 radical (unpaired) electrons. The van der Waals surface area contributed by atoms with Gasteiger partial charge in [0.1, 0.15) is 0 Å². The number of nitrogens with one attached hydrogen (secondary N) is 2. The molecular formula is C12H16Cl2N2O3. The van der Waals surface area contributed by atoms with Crippen LogP contribution >= 0.6 is 23.2 Å². The molecule has 0 saturated heterocycles. The molecule has 1 unspecified atom stereocenters. The predicted octanol–water partition coefficient (Wildman–Crippen LogP) is 3.12. The second-order valence-electron chi connectivity index (χ2n) is 3.86. The van der Waals surface area contributed by atoms with E-state index in [1.807, 2.05) is 0 Å². The number of benzene rings is 1. The minimum absolute atomic E-state index is 0.308. The molecule has 0 saturated carbocycles. The van der Waals surface area contributed by atoms with Gasteiger partial charge in [-0.05, 0) is 25.1 Å². The number of carbonyl (C=O) groups excluding carboxylic acids is 1. The van der Waals surface area contributed by atoms with Crippen molar-refractivity contribution in [3.8, 4) is 0 Å². The molecule has 106 valence electrons. The quantitative estimate of drug-likeness (QED) is 0.822. The Labute approximate surface area is 122 Å². The first-order valence-electron chi connectivity index (χ1n) is 5.56. The molecule has 0 spiro atoms. The summed E-state index contributed by atoms with van der Waals surface area (Å²) in [6.45, 7) is 1.77. The summed E-state index contributed by atoms with van der Waals surface area (Å²) in [5.74, 6) is 0. The Balaban J connectivity index is 2.57. The summed E-state index contributed by atoms with van der Waals surface area (Å²) in [4.78, 5) is 11.7. The van der Waals surface area contributed by atoms with Gasteiger partial charge in [-0.2, -0.15) is 0 Å². The zero-order valence-corrected chi connectivity index (χ0v) is 12.4. The van der Waals surface area contributed by atoms with Gasteiger partial charge in [0, 0.05) is 19.9 Å². The van der Waals surface area contributed by atoms with E-state index in [1.54, 1.807) is 25.1 Å². The van der Waals surface area contributed by atoms with Gasteiger partial charge < -0.3 is 20.1 Å². The molecule has 7 heteroatoms. The number of methoxy groups -OCH3 is 2. The lowest BCUT2D eigenvalue weighted by molar-refractivity contribution is -0.117. The minimum Gasteiger partial charge on any atom is -0.354 e. The normalized spacial score (nSPS) is 12.3. The SMILES string of the molecule is COC(OC)C(C)NC(=O)Nc1ccc(Cl)c(Cl)c1. The predicted molar refractivity (Wildman–Crippen MR) is 75.9 cm³/mol. The highest BCUT2D eigenvalue weighted by atomic mass is 35.5. The molecule has 0 aromatic heterocycles. The topological polar surface area (TPSA) is 59.6 Å². The van der Waals surface area contributed by atoms with Crippen LogP contribution in [0.5, 0.6) is 0 Å². The lowest BCUT2D eigenvalue weighted by Gasteiger charge is -2.22. The van der Waals surface area contributed by atoms with Crippen LogP contribution in [-0.4, -0.2) is 32.6 Å². The van der Waals surface area contributed by atoms with Crippen LogP contribution in [-0.2, 0) is 9.47 Å². The standard InChI is InChI=1S/C12H16Cl2N2O3/c1-7(11(18-2)19-3)15-12(17)16-8-4-5-9(13)10(14)6-8/h4-7,11H,1-3H3,(H2,15,16,17). The third-order valence-electron chi connectivity index (χ3n) is 2.41. The number of ether oxygens (including phenoxy) is 2. The van der Waals surface area contributed by atoms with E-state index in [1.165, 1.54) is 14.2 Å². The molecule has 1 atom stereocenters. The van der Waals surface area contributed by atoms with E-state index in [0.717, 1.165) is 0 Å². The van der Waals surface area contributed by atoms with E-state index in [0.29, 0.717) is 15.7 Å². The average Bonchev–Trinajstić information content (AvgIpc) is 2.35. The lowest BCUT2D eigenvalue weighted by Crippen LogP contribution is -2.44. The first kappa shape index (κ1) is 16.0. The van der Waals surface area contributed by atoms with Gasteiger partial charge in [-0.15, -0.1) is 0 Å². The highest BCUT2D eigenvalue weighted by molar-refractivity contribution is 6.42. The molecule has 0 aliphatic carbocycles. The monoisotopic (exact) mass is 306 g/mol. The highest BCUT2D eigenvalue weighted by Gasteiger charge is 2.17. The summed E-state index contributed by atoms with van der Waals surface area (Å²) in [6.07, 6.45) is -0.514. The van der Waals surface area contributed by atoms with Gasteiger partial charge in [-0.1, -0.05) is 23.2 Å². The van der Waals surface area contributed by atoms with E-state index >= 15 is 0 Å². The van der Waals surface area contributed by atoms with Crippen molar-refractivity contribution in [1.82, 2.24) is 5.32 Å². The highest BCUT2D eigenvalue weighted by Crippen LogP contribution is 2.24. The second-order valence-corrected chi connectivity index (χ2v) is 4.67. The molecule has 2 amide bonds. The zero-order valence-electron chi connectivity index (χ0n) is 10.9. The van der Waals surface area contributed by atoms with E-state index in [-0.39, 0.29) is 12.1 Å². The average molecular weight is 307 g/mol. The molecule has 5 nitrogen and oxygen atoms in total. The molecule has 0 heterocycles. The Morgan fingerprint density at radius 2 is 1.84 bits per heavy atom.